The van der Waals surface area contributed by atoms with Crippen molar-refractivity contribution in [2.24, 2.45) is 0 Å². The van der Waals surface area contributed by atoms with Crippen LogP contribution in [0.15, 0.2) is 48.5 Å². The lowest BCUT2D eigenvalue weighted by atomic mass is 10.1. The number of imide groups is 1. The van der Waals surface area contributed by atoms with Crippen molar-refractivity contribution in [1.29, 1.82) is 0 Å². The van der Waals surface area contributed by atoms with Gasteiger partial charge in [0.2, 0.25) is 5.91 Å². The quantitative estimate of drug-likeness (QED) is 0.556. The first-order valence-electron chi connectivity index (χ1n) is 9.53. The number of hydrogen-bond donors (Lipinski definition) is 0. The van der Waals surface area contributed by atoms with E-state index < -0.39 is 5.97 Å². The first-order valence-corrected chi connectivity index (χ1v) is 9.53. The molecule has 29 heavy (non-hydrogen) atoms. The van der Waals surface area contributed by atoms with Gasteiger partial charge in [0, 0.05) is 19.5 Å². The van der Waals surface area contributed by atoms with Crippen LogP contribution < -0.4 is 0 Å². The van der Waals surface area contributed by atoms with Gasteiger partial charge in [-0.15, -0.1) is 0 Å². The standard InChI is InChI=1S/C22H20N2O5/c25-19-6-3-11-23(19)14-15-7-9-16(10-8-15)22(28)29-13-12-24-20(26)17-4-1-2-5-18(17)21(24)27/h1-2,4-5,7-10H,3,6,11-14H2. The molecule has 1 fully saturated rings. The fourth-order valence-corrected chi connectivity index (χ4v) is 3.59. The Balaban J connectivity index is 1.29. The molecule has 0 aromatic heterocycles. The normalized spacial score (nSPS) is 15.8. The zero-order valence-corrected chi connectivity index (χ0v) is 15.8. The van der Waals surface area contributed by atoms with Gasteiger partial charge in [0.15, 0.2) is 0 Å². The summed E-state index contributed by atoms with van der Waals surface area (Å²) in [4.78, 5) is 51.4. The molecular weight excluding hydrogens is 372 g/mol. The SMILES string of the molecule is O=C(OCCN1C(=O)c2ccccc2C1=O)c1ccc(CN2CCCC2=O)cc1. The van der Waals surface area contributed by atoms with Crippen molar-refractivity contribution in [2.45, 2.75) is 19.4 Å². The molecule has 0 radical (unpaired) electrons. The maximum Gasteiger partial charge on any atom is 0.338 e. The van der Waals surface area contributed by atoms with Crippen LogP contribution in [0.1, 0.15) is 49.5 Å². The van der Waals surface area contributed by atoms with Crippen LogP contribution in [0.3, 0.4) is 0 Å². The molecule has 7 heteroatoms. The highest BCUT2D eigenvalue weighted by Gasteiger charge is 2.34. The van der Waals surface area contributed by atoms with E-state index in [1.165, 1.54) is 0 Å². The Labute approximate surface area is 167 Å². The van der Waals surface area contributed by atoms with Gasteiger partial charge in [-0.3, -0.25) is 19.3 Å². The summed E-state index contributed by atoms with van der Waals surface area (Å²) in [7, 11) is 0. The van der Waals surface area contributed by atoms with Gasteiger partial charge in [0.1, 0.15) is 6.61 Å². The third-order valence-corrected chi connectivity index (χ3v) is 5.16. The lowest BCUT2D eigenvalue weighted by molar-refractivity contribution is -0.128. The molecule has 2 aliphatic heterocycles. The van der Waals surface area contributed by atoms with Crippen LogP contribution in [0.2, 0.25) is 0 Å². The second-order valence-corrected chi connectivity index (χ2v) is 7.06. The molecule has 0 bridgehead atoms. The number of benzene rings is 2. The molecule has 7 nitrogen and oxygen atoms in total. The predicted molar refractivity (Wildman–Crippen MR) is 103 cm³/mol. The largest absolute Gasteiger partial charge is 0.460 e. The molecular formula is C22H20N2O5. The molecule has 1 saturated heterocycles. The Kier molecular flexibility index (Phi) is 5.12. The van der Waals surface area contributed by atoms with E-state index in [1.54, 1.807) is 53.4 Å². The second-order valence-electron chi connectivity index (χ2n) is 7.06. The summed E-state index contributed by atoms with van der Waals surface area (Å²) in [5, 5.41) is 0. The number of esters is 1. The zero-order valence-electron chi connectivity index (χ0n) is 15.8. The first kappa shape index (κ1) is 18.9. The fourth-order valence-electron chi connectivity index (χ4n) is 3.59. The van der Waals surface area contributed by atoms with Gasteiger partial charge in [-0.2, -0.15) is 0 Å². The summed E-state index contributed by atoms with van der Waals surface area (Å²) in [5.74, 6) is -1.11. The number of nitrogens with zero attached hydrogens (tertiary/aromatic N) is 2. The van der Waals surface area contributed by atoms with Gasteiger partial charge in [-0.1, -0.05) is 24.3 Å². The molecule has 0 spiro atoms. The maximum absolute atomic E-state index is 12.3. The van der Waals surface area contributed by atoms with Crippen LogP contribution in [-0.2, 0) is 16.1 Å². The smallest absolute Gasteiger partial charge is 0.338 e. The number of rotatable bonds is 6. The zero-order chi connectivity index (χ0) is 20.4. The van der Waals surface area contributed by atoms with E-state index in [9.17, 15) is 19.2 Å². The van der Waals surface area contributed by atoms with Crippen molar-refractivity contribution in [3.63, 3.8) is 0 Å². The minimum absolute atomic E-state index is 0.00718. The van der Waals surface area contributed by atoms with Crippen LogP contribution in [0.25, 0.3) is 0 Å². The highest BCUT2D eigenvalue weighted by molar-refractivity contribution is 6.21. The molecule has 0 N–H and O–H groups in total. The number of carbonyl (C=O) groups is 4. The van der Waals surface area contributed by atoms with Crippen molar-refractivity contribution < 1.29 is 23.9 Å². The van der Waals surface area contributed by atoms with E-state index in [-0.39, 0.29) is 30.9 Å². The van der Waals surface area contributed by atoms with Crippen molar-refractivity contribution in [2.75, 3.05) is 19.7 Å². The van der Waals surface area contributed by atoms with Gasteiger partial charge in [-0.05, 0) is 36.2 Å². The van der Waals surface area contributed by atoms with Crippen LogP contribution in [0.5, 0.6) is 0 Å². The Hall–Kier alpha value is -3.48. The molecule has 148 valence electrons. The average Bonchev–Trinajstić information content (AvgIpc) is 3.24. The van der Waals surface area contributed by atoms with E-state index in [1.807, 2.05) is 0 Å². The molecule has 2 aromatic carbocycles. The number of ether oxygens (including phenoxy) is 1. The summed E-state index contributed by atoms with van der Waals surface area (Å²) in [6, 6.07) is 13.5. The topological polar surface area (TPSA) is 84.0 Å². The molecule has 2 heterocycles. The molecule has 0 atom stereocenters. The number of fused-ring (bicyclic) bond motifs is 1. The van der Waals surface area contributed by atoms with Crippen LogP contribution in [0.4, 0.5) is 0 Å². The molecule has 2 aliphatic rings. The van der Waals surface area contributed by atoms with E-state index in [2.05, 4.69) is 0 Å². The third kappa shape index (κ3) is 3.76. The Morgan fingerprint density at radius 2 is 1.59 bits per heavy atom. The second kappa shape index (κ2) is 7.87. The molecule has 2 aromatic rings. The first-order chi connectivity index (χ1) is 14.0. The number of amides is 3. The highest BCUT2D eigenvalue weighted by Crippen LogP contribution is 2.22. The van der Waals surface area contributed by atoms with Crippen LogP contribution in [0, 0.1) is 0 Å². The molecule has 0 unspecified atom stereocenters. The van der Waals surface area contributed by atoms with Gasteiger partial charge < -0.3 is 9.64 Å². The summed E-state index contributed by atoms with van der Waals surface area (Å²) < 4.78 is 5.23. The summed E-state index contributed by atoms with van der Waals surface area (Å²) in [6.07, 6.45) is 1.48. The molecule has 0 aliphatic carbocycles. The molecule has 0 saturated carbocycles. The van der Waals surface area contributed by atoms with Crippen molar-refractivity contribution in [3.8, 4) is 0 Å². The highest BCUT2D eigenvalue weighted by atomic mass is 16.5. The van der Waals surface area contributed by atoms with Gasteiger partial charge in [0.05, 0.1) is 23.2 Å². The number of hydrogen-bond acceptors (Lipinski definition) is 5. The van der Waals surface area contributed by atoms with Gasteiger partial charge in [-0.25, -0.2) is 4.79 Å². The summed E-state index contributed by atoms with van der Waals surface area (Å²) in [6.45, 7) is 1.23. The summed E-state index contributed by atoms with van der Waals surface area (Å²) in [5.41, 5.74) is 2.07. The van der Waals surface area contributed by atoms with E-state index >= 15 is 0 Å². The third-order valence-electron chi connectivity index (χ3n) is 5.16. The predicted octanol–water partition coefficient (Wildman–Crippen LogP) is 2.26. The number of likely N-dealkylation sites (tertiary alicyclic amines) is 1. The van der Waals surface area contributed by atoms with E-state index in [0.717, 1.165) is 23.4 Å². The lowest BCUT2D eigenvalue weighted by Gasteiger charge is -2.16. The Morgan fingerprint density at radius 3 is 2.17 bits per heavy atom. The Morgan fingerprint density at radius 1 is 0.931 bits per heavy atom. The van der Waals surface area contributed by atoms with Crippen molar-refractivity contribution >= 4 is 23.7 Å². The van der Waals surface area contributed by atoms with Crippen LogP contribution in [-0.4, -0.2) is 53.2 Å². The lowest BCUT2D eigenvalue weighted by Crippen LogP contribution is -2.33. The van der Waals surface area contributed by atoms with Crippen molar-refractivity contribution in [1.82, 2.24) is 9.80 Å². The van der Waals surface area contributed by atoms with Gasteiger partial charge >= 0.3 is 5.97 Å². The number of carbonyl (C=O) groups excluding carboxylic acids is 4. The van der Waals surface area contributed by atoms with E-state index in [0.29, 0.717) is 29.7 Å². The fraction of sp³-hybridized carbons (Fsp3) is 0.273. The van der Waals surface area contributed by atoms with Crippen molar-refractivity contribution in [3.05, 3.63) is 70.8 Å². The van der Waals surface area contributed by atoms with E-state index in [4.69, 9.17) is 4.74 Å². The monoisotopic (exact) mass is 392 g/mol. The maximum atomic E-state index is 12.3. The summed E-state index contributed by atoms with van der Waals surface area (Å²) >= 11 is 0. The Bertz CT molecular complexity index is 948. The molecule has 3 amide bonds. The van der Waals surface area contributed by atoms with Crippen LogP contribution >= 0.6 is 0 Å². The van der Waals surface area contributed by atoms with Gasteiger partial charge in [0.25, 0.3) is 11.8 Å². The minimum atomic E-state index is -0.523. The minimum Gasteiger partial charge on any atom is -0.460 e. The molecule has 4 rings (SSSR count). The average molecular weight is 392 g/mol.